The van der Waals surface area contributed by atoms with Gasteiger partial charge in [-0.3, -0.25) is 4.79 Å². The molecule has 1 heterocycles. The van der Waals surface area contributed by atoms with Crippen molar-refractivity contribution in [3.05, 3.63) is 12.7 Å². The van der Waals surface area contributed by atoms with E-state index in [9.17, 15) is 4.79 Å². The van der Waals surface area contributed by atoms with Crippen LogP contribution in [0, 0.1) is 11.3 Å². The summed E-state index contributed by atoms with van der Waals surface area (Å²) in [6.07, 6.45) is 2.94. The van der Waals surface area contributed by atoms with Crippen molar-refractivity contribution in [3.8, 4) is 6.07 Å². The summed E-state index contributed by atoms with van der Waals surface area (Å²) < 4.78 is 0. The van der Waals surface area contributed by atoms with Crippen molar-refractivity contribution in [2.24, 2.45) is 0 Å². The second-order valence-electron chi connectivity index (χ2n) is 2.50. The molecule has 1 rings (SSSR count). The van der Waals surface area contributed by atoms with E-state index < -0.39 is 6.04 Å². The SMILES string of the molecule is C=CC(C#N)N1CCCC1=O. The third kappa shape index (κ3) is 1.40. The van der Waals surface area contributed by atoms with Crippen molar-refractivity contribution in [2.75, 3.05) is 6.54 Å². The molecule has 0 saturated carbocycles. The lowest BCUT2D eigenvalue weighted by atomic mass is 10.3. The predicted molar refractivity (Wildman–Crippen MR) is 40.5 cm³/mol. The van der Waals surface area contributed by atoms with Gasteiger partial charge >= 0.3 is 0 Å². The lowest BCUT2D eigenvalue weighted by molar-refractivity contribution is -0.128. The number of nitrogens with zero attached hydrogens (tertiary/aromatic N) is 2. The average Bonchev–Trinajstić information content (AvgIpc) is 2.40. The Morgan fingerprint density at radius 3 is 2.91 bits per heavy atom. The molecule has 0 aromatic heterocycles. The lowest BCUT2D eigenvalue weighted by Gasteiger charge is -2.17. The van der Waals surface area contributed by atoms with Crippen LogP contribution in [0.25, 0.3) is 0 Å². The van der Waals surface area contributed by atoms with Gasteiger partial charge in [0.2, 0.25) is 5.91 Å². The fraction of sp³-hybridized carbons (Fsp3) is 0.500. The van der Waals surface area contributed by atoms with Crippen LogP contribution in [0.5, 0.6) is 0 Å². The van der Waals surface area contributed by atoms with Gasteiger partial charge in [-0.2, -0.15) is 5.26 Å². The Balaban J connectivity index is 2.66. The molecule has 0 aromatic carbocycles. The minimum Gasteiger partial charge on any atom is -0.323 e. The Morgan fingerprint density at radius 1 is 1.82 bits per heavy atom. The number of nitriles is 1. The maximum atomic E-state index is 11.1. The minimum atomic E-state index is -0.426. The minimum absolute atomic E-state index is 0.0662. The smallest absolute Gasteiger partial charge is 0.223 e. The van der Waals surface area contributed by atoms with Crippen molar-refractivity contribution < 1.29 is 4.79 Å². The average molecular weight is 150 g/mol. The Bertz CT molecular complexity index is 217. The number of hydrogen-bond donors (Lipinski definition) is 0. The number of rotatable bonds is 2. The number of amides is 1. The molecule has 0 radical (unpaired) electrons. The normalized spacial score (nSPS) is 19.5. The van der Waals surface area contributed by atoms with Gasteiger partial charge in [-0.1, -0.05) is 12.7 Å². The van der Waals surface area contributed by atoms with E-state index in [1.807, 2.05) is 6.07 Å². The fourth-order valence-corrected chi connectivity index (χ4v) is 1.21. The highest BCUT2D eigenvalue weighted by Crippen LogP contribution is 2.13. The Labute approximate surface area is 65.9 Å². The third-order valence-electron chi connectivity index (χ3n) is 1.80. The Kier molecular flexibility index (Phi) is 2.27. The van der Waals surface area contributed by atoms with E-state index >= 15 is 0 Å². The molecule has 3 heteroatoms. The third-order valence-corrected chi connectivity index (χ3v) is 1.80. The van der Waals surface area contributed by atoms with Crippen LogP contribution < -0.4 is 0 Å². The molecule has 1 aliphatic rings. The largest absolute Gasteiger partial charge is 0.323 e. The highest BCUT2D eigenvalue weighted by Gasteiger charge is 2.25. The van der Waals surface area contributed by atoms with Crippen molar-refractivity contribution in [3.63, 3.8) is 0 Å². The molecule has 0 N–H and O–H groups in total. The van der Waals surface area contributed by atoms with Crippen LogP contribution in [0.2, 0.25) is 0 Å². The molecule has 1 aliphatic heterocycles. The standard InChI is InChI=1S/C8H10N2O/c1-2-7(6-9)10-5-3-4-8(10)11/h2,7H,1,3-5H2. The first-order valence-electron chi connectivity index (χ1n) is 3.61. The van der Waals surface area contributed by atoms with Crippen LogP contribution in [0.3, 0.4) is 0 Å². The zero-order valence-corrected chi connectivity index (χ0v) is 6.29. The second kappa shape index (κ2) is 3.20. The zero-order valence-electron chi connectivity index (χ0n) is 6.29. The predicted octanol–water partition coefficient (Wildman–Crippen LogP) is 0.687. The first kappa shape index (κ1) is 7.80. The maximum absolute atomic E-state index is 11.1. The van der Waals surface area contributed by atoms with Crippen LogP contribution in [0.15, 0.2) is 12.7 Å². The van der Waals surface area contributed by atoms with Gasteiger partial charge in [0.05, 0.1) is 6.07 Å². The molecular formula is C8H10N2O. The van der Waals surface area contributed by atoms with Crippen LogP contribution in [-0.4, -0.2) is 23.4 Å². The van der Waals surface area contributed by atoms with Crippen LogP contribution in [0.4, 0.5) is 0 Å². The van der Waals surface area contributed by atoms with E-state index in [-0.39, 0.29) is 5.91 Å². The van der Waals surface area contributed by atoms with E-state index in [1.165, 1.54) is 6.08 Å². The van der Waals surface area contributed by atoms with Crippen molar-refractivity contribution in [1.29, 1.82) is 5.26 Å². The van der Waals surface area contributed by atoms with Gasteiger partial charge < -0.3 is 4.90 Å². The molecular weight excluding hydrogens is 140 g/mol. The first-order valence-corrected chi connectivity index (χ1v) is 3.61. The summed E-state index contributed by atoms with van der Waals surface area (Å²) >= 11 is 0. The fourth-order valence-electron chi connectivity index (χ4n) is 1.21. The molecule has 58 valence electrons. The lowest BCUT2D eigenvalue weighted by Crippen LogP contribution is -2.33. The summed E-state index contributed by atoms with van der Waals surface area (Å²) in [7, 11) is 0. The van der Waals surface area contributed by atoms with Crippen molar-refractivity contribution in [1.82, 2.24) is 4.90 Å². The number of carbonyl (C=O) groups is 1. The van der Waals surface area contributed by atoms with Crippen LogP contribution >= 0.6 is 0 Å². The van der Waals surface area contributed by atoms with Gasteiger partial charge in [-0.25, -0.2) is 0 Å². The molecule has 1 fully saturated rings. The molecule has 0 aromatic rings. The number of carbonyl (C=O) groups excluding carboxylic acids is 1. The van der Waals surface area contributed by atoms with Crippen LogP contribution in [-0.2, 0) is 4.79 Å². The maximum Gasteiger partial charge on any atom is 0.223 e. The summed E-state index contributed by atoms with van der Waals surface area (Å²) in [4.78, 5) is 12.6. The molecule has 0 spiro atoms. The summed E-state index contributed by atoms with van der Waals surface area (Å²) in [6.45, 7) is 4.19. The summed E-state index contributed by atoms with van der Waals surface area (Å²) in [5.74, 6) is 0.0662. The molecule has 1 atom stereocenters. The van der Waals surface area contributed by atoms with Gasteiger partial charge in [-0.05, 0) is 6.42 Å². The van der Waals surface area contributed by atoms with Crippen LogP contribution in [0.1, 0.15) is 12.8 Å². The van der Waals surface area contributed by atoms with E-state index in [1.54, 1.807) is 4.90 Å². The molecule has 3 nitrogen and oxygen atoms in total. The van der Waals surface area contributed by atoms with E-state index in [2.05, 4.69) is 6.58 Å². The first-order chi connectivity index (χ1) is 5.29. The van der Waals surface area contributed by atoms with Gasteiger partial charge in [0.25, 0.3) is 0 Å². The van der Waals surface area contributed by atoms with Gasteiger partial charge in [-0.15, -0.1) is 0 Å². The highest BCUT2D eigenvalue weighted by atomic mass is 16.2. The second-order valence-corrected chi connectivity index (χ2v) is 2.50. The van der Waals surface area contributed by atoms with E-state index in [0.717, 1.165) is 6.42 Å². The molecule has 0 bridgehead atoms. The number of hydrogen-bond acceptors (Lipinski definition) is 2. The van der Waals surface area contributed by atoms with Crippen molar-refractivity contribution >= 4 is 5.91 Å². The Morgan fingerprint density at radius 2 is 2.55 bits per heavy atom. The molecule has 0 aliphatic carbocycles. The topological polar surface area (TPSA) is 44.1 Å². The van der Waals surface area contributed by atoms with E-state index in [0.29, 0.717) is 13.0 Å². The van der Waals surface area contributed by atoms with Gasteiger partial charge in [0.15, 0.2) is 0 Å². The summed E-state index contributed by atoms with van der Waals surface area (Å²) in [6, 6.07) is 1.59. The number of likely N-dealkylation sites (tertiary alicyclic amines) is 1. The molecule has 11 heavy (non-hydrogen) atoms. The summed E-state index contributed by atoms with van der Waals surface area (Å²) in [5, 5.41) is 8.59. The monoisotopic (exact) mass is 150 g/mol. The highest BCUT2D eigenvalue weighted by molar-refractivity contribution is 5.79. The molecule has 1 amide bonds. The molecule has 1 saturated heterocycles. The van der Waals surface area contributed by atoms with Crippen molar-refractivity contribution in [2.45, 2.75) is 18.9 Å². The van der Waals surface area contributed by atoms with E-state index in [4.69, 9.17) is 5.26 Å². The summed E-state index contributed by atoms with van der Waals surface area (Å²) in [5.41, 5.74) is 0. The van der Waals surface area contributed by atoms with Gasteiger partial charge in [0, 0.05) is 13.0 Å². The quantitative estimate of drug-likeness (QED) is 0.543. The molecule has 1 unspecified atom stereocenters. The van der Waals surface area contributed by atoms with Gasteiger partial charge in [0.1, 0.15) is 6.04 Å². The Hall–Kier alpha value is -1.30. The zero-order chi connectivity index (χ0) is 8.27.